The Bertz CT molecular complexity index is 737. The molecule has 1 aromatic heterocycles. The van der Waals surface area contributed by atoms with Crippen LogP contribution in [0.25, 0.3) is 0 Å². The van der Waals surface area contributed by atoms with E-state index in [0.717, 1.165) is 4.47 Å². The van der Waals surface area contributed by atoms with Crippen LogP contribution in [0.5, 0.6) is 0 Å². The van der Waals surface area contributed by atoms with Gasteiger partial charge < -0.3 is 10.6 Å². The minimum absolute atomic E-state index is 0.0744. The second-order valence-electron chi connectivity index (χ2n) is 6.68. The van der Waals surface area contributed by atoms with E-state index in [2.05, 4.69) is 31.5 Å². The van der Waals surface area contributed by atoms with Gasteiger partial charge in [0.2, 0.25) is 5.91 Å². The van der Waals surface area contributed by atoms with E-state index in [9.17, 15) is 9.59 Å². The molecule has 24 heavy (non-hydrogen) atoms. The number of nitrogens with one attached hydrogen (secondary N) is 2. The first-order valence-electron chi connectivity index (χ1n) is 7.56. The van der Waals surface area contributed by atoms with Crippen LogP contribution >= 0.6 is 15.9 Å². The van der Waals surface area contributed by atoms with Gasteiger partial charge in [-0.3, -0.25) is 9.59 Å². The monoisotopic (exact) mass is 389 g/mol. The molecule has 2 aromatic rings. The highest BCUT2D eigenvalue weighted by Crippen LogP contribution is 2.20. The number of hydrogen-bond acceptors (Lipinski definition) is 3. The second kappa shape index (κ2) is 7.57. The summed E-state index contributed by atoms with van der Waals surface area (Å²) < 4.78 is 0.837. The van der Waals surface area contributed by atoms with Crippen molar-refractivity contribution in [3.8, 4) is 0 Å². The van der Waals surface area contributed by atoms with Crippen molar-refractivity contribution in [2.75, 3.05) is 10.6 Å². The maximum Gasteiger partial charge on any atom is 0.256 e. The smallest absolute Gasteiger partial charge is 0.256 e. The molecular weight excluding hydrogens is 370 g/mol. The number of nitrogens with zero attached hydrogens (tertiary/aromatic N) is 1. The van der Waals surface area contributed by atoms with Crippen molar-refractivity contribution in [2.24, 2.45) is 5.41 Å². The largest absolute Gasteiger partial charge is 0.326 e. The molecule has 2 amide bonds. The van der Waals surface area contributed by atoms with E-state index in [1.54, 1.807) is 42.6 Å². The lowest BCUT2D eigenvalue weighted by Gasteiger charge is -2.17. The summed E-state index contributed by atoms with van der Waals surface area (Å²) in [5.74, 6) is 0.108. The maximum absolute atomic E-state index is 12.3. The fourth-order valence-corrected chi connectivity index (χ4v) is 2.30. The fraction of sp³-hybridized carbons (Fsp3) is 0.278. The first-order chi connectivity index (χ1) is 11.2. The quantitative estimate of drug-likeness (QED) is 0.809. The molecule has 6 heteroatoms. The average molecular weight is 390 g/mol. The van der Waals surface area contributed by atoms with Gasteiger partial charge in [0.05, 0.1) is 0 Å². The topological polar surface area (TPSA) is 71.1 Å². The highest BCUT2D eigenvalue weighted by molar-refractivity contribution is 9.10. The highest BCUT2D eigenvalue weighted by Gasteiger charge is 2.16. The molecule has 126 valence electrons. The van der Waals surface area contributed by atoms with Crippen LogP contribution in [0.2, 0.25) is 0 Å². The molecule has 0 radical (unpaired) electrons. The number of carbonyl (C=O) groups is 2. The number of aromatic nitrogens is 1. The zero-order valence-corrected chi connectivity index (χ0v) is 15.5. The van der Waals surface area contributed by atoms with E-state index in [4.69, 9.17) is 0 Å². The lowest BCUT2D eigenvalue weighted by atomic mass is 9.92. The van der Waals surface area contributed by atoms with Gasteiger partial charge in [0, 0.05) is 28.3 Å². The molecule has 0 fully saturated rings. The predicted octanol–water partition coefficient (Wildman–Crippen LogP) is 4.47. The van der Waals surface area contributed by atoms with Gasteiger partial charge in [0.15, 0.2) is 0 Å². The van der Waals surface area contributed by atoms with Gasteiger partial charge in [-0.2, -0.15) is 0 Å². The first kappa shape index (κ1) is 18.1. The van der Waals surface area contributed by atoms with Crippen molar-refractivity contribution >= 4 is 39.2 Å². The maximum atomic E-state index is 12.3. The zero-order chi connectivity index (χ0) is 17.7. The Balaban J connectivity index is 2.05. The van der Waals surface area contributed by atoms with Gasteiger partial charge >= 0.3 is 0 Å². The van der Waals surface area contributed by atoms with Crippen molar-refractivity contribution in [1.29, 1.82) is 0 Å². The minimum atomic E-state index is -0.281. The number of rotatable bonds is 4. The van der Waals surface area contributed by atoms with Crippen LogP contribution in [-0.4, -0.2) is 16.8 Å². The summed E-state index contributed by atoms with van der Waals surface area (Å²) in [7, 11) is 0. The van der Waals surface area contributed by atoms with Crippen molar-refractivity contribution in [3.05, 3.63) is 52.6 Å². The van der Waals surface area contributed by atoms with E-state index < -0.39 is 0 Å². The van der Waals surface area contributed by atoms with Gasteiger partial charge in [-0.1, -0.05) is 26.8 Å². The number of pyridine rings is 1. The molecular formula is C18H20BrN3O2. The lowest BCUT2D eigenvalue weighted by Crippen LogP contribution is -2.20. The Morgan fingerprint density at radius 1 is 1.12 bits per heavy atom. The van der Waals surface area contributed by atoms with E-state index >= 15 is 0 Å². The van der Waals surface area contributed by atoms with Crippen LogP contribution in [-0.2, 0) is 4.79 Å². The normalized spacial score (nSPS) is 11.0. The molecule has 2 rings (SSSR count). The van der Waals surface area contributed by atoms with Crippen LogP contribution in [0, 0.1) is 5.41 Å². The third kappa shape index (κ3) is 5.77. The lowest BCUT2D eigenvalue weighted by molar-refractivity contribution is -0.117. The molecule has 0 atom stereocenters. The number of anilines is 2. The summed E-state index contributed by atoms with van der Waals surface area (Å²) in [6, 6.07) is 10.3. The van der Waals surface area contributed by atoms with Crippen LogP contribution in [0.15, 0.2) is 47.1 Å². The standard InChI is InChI=1S/C18H20BrN3O2/c1-18(2,3)10-16(23)21-14-6-4-5-12(9-14)17(24)22-15-8-7-13(19)11-20-15/h4-9,11H,10H2,1-3H3,(H,21,23)(H,20,22,24). The Hall–Kier alpha value is -2.21. The average Bonchev–Trinajstić information content (AvgIpc) is 2.48. The van der Waals surface area contributed by atoms with Crippen molar-refractivity contribution in [2.45, 2.75) is 27.2 Å². The molecule has 0 aliphatic rings. The third-order valence-electron chi connectivity index (χ3n) is 3.07. The third-order valence-corrected chi connectivity index (χ3v) is 3.54. The van der Waals surface area contributed by atoms with Gasteiger partial charge in [-0.05, 0) is 51.7 Å². The van der Waals surface area contributed by atoms with E-state index in [1.807, 2.05) is 20.8 Å². The number of carbonyl (C=O) groups excluding carboxylic acids is 2. The van der Waals surface area contributed by atoms with E-state index in [0.29, 0.717) is 23.5 Å². The Morgan fingerprint density at radius 2 is 1.88 bits per heavy atom. The second-order valence-corrected chi connectivity index (χ2v) is 7.60. The van der Waals surface area contributed by atoms with Crippen LogP contribution in [0.3, 0.4) is 0 Å². The summed E-state index contributed by atoms with van der Waals surface area (Å²) in [4.78, 5) is 28.4. The molecule has 0 unspecified atom stereocenters. The number of benzene rings is 1. The van der Waals surface area contributed by atoms with Gasteiger partial charge in [-0.25, -0.2) is 4.98 Å². The van der Waals surface area contributed by atoms with E-state index in [-0.39, 0.29) is 17.2 Å². The summed E-state index contributed by atoms with van der Waals surface area (Å²) in [5.41, 5.74) is 0.959. The van der Waals surface area contributed by atoms with Crippen molar-refractivity contribution in [3.63, 3.8) is 0 Å². The first-order valence-corrected chi connectivity index (χ1v) is 8.35. The number of amides is 2. The fourth-order valence-electron chi connectivity index (χ4n) is 2.06. The SMILES string of the molecule is CC(C)(C)CC(=O)Nc1cccc(C(=O)Nc2ccc(Br)cn2)c1. The van der Waals surface area contributed by atoms with Crippen molar-refractivity contribution < 1.29 is 9.59 Å². The summed E-state index contributed by atoms with van der Waals surface area (Å²) in [6.45, 7) is 6.00. The van der Waals surface area contributed by atoms with Crippen molar-refractivity contribution in [1.82, 2.24) is 4.98 Å². The van der Waals surface area contributed by atoms with Gasteiger partial charge in [-0.15, -0.1) is 0 Å². The molecule has 0 bridgehead atoms. The van der Waals surface area contributed by atoms with E-state index in [1.165, 1.54) is 0 Å². The molecule has 1 aromatic carbocycles. The highest BCUT2D eigenvalue weighted by atomic mass is 79.9. The predicted molar refractivity (Wildman–Crippen MR) is 99.0 cm³/mol. The van der Waals surface area contributed by atoms with Crippen LogP contribution in [0.1, 0.15) is 37.6 Å². The molecule has 0 saturated heterocycles. The molecule has 5 nitrogen and oxygen atoms in total. The Kier molecular flexibility index (Phi) is 5.72. The Labute approximate surface area is 150 Å². The van der Waals surface area contributed by atoms with Gasteiger partial charge in [0.25, 0.3) is 5.91 Å². The summed E-state index contributed by atoms with van der Waals surface area (Å²) >= 11 is 3.29. The molecule has 0 aliphatic heterocycles. The summed E-state index contributed by atoms with van der Waals surface area (Å²) in [5, 5.41) is 5.54. The zero-order valence-electron chi connectivity index (χ0n) is 13.9. The molecule has 0 aliphatic carbocycles. The number of hydrogen-bond donors (Lipinski definition) is 2. The number of halogens is 1. The summed E-state index contributed by atoms with van der Waals surface area (Å²) in [6.07, 6.45) is 2.02. The molecule has 2 N–H and O–H groups in total. The molecule has 0 saturated carbocycles. The van der Waals surface area contributed by atoms with Crippen LogP contribution < -0.4 is 10.6 Å². The minimum Gasteiger partial charge on any atom is -0.326 e. The van der Waals surface area contributed by atoms with Crippen LogP contribution in [0.4, 0.5) is 11.5 Å². The molecule has 0 spiro atoms. The van der Waals surface area contributed by atoms with Gasteiger partial charge in [0.1, 0.15) is 5.82 Å². The molecule has 1 heterocycles. The Morgan fingerprint density at radius 3 is 2.50 bits per heavy atom.